The highest BCUT2D eigenvalue weighted by Crippen LogP contribution is 2.30. The largest absolute Gasteiger partial charge is 0.486 e. The topological polar surface area (TPSA) is 67.9 Å². The van der Waals surface area contributed by atoms with E-state index in [1.807, 2.05) is 50.2 Å². The zero-order chi connectivity index (χ0) is 19.4. The van der Waals surface area contributed by atoms with Gasteiger partial charge in [-0.1, -0.05) is 18.2 Å². The van der Waals surface area contributed by atoms with Crippen molar-refractivity contribution in [1.29, 1.82) is 0 Å². The molecule has 0 saturated carbocycles. The molecule has 1 unspecified atom stereocenters. The van der Waals surface area contributed by atoms with Gasteiger partial charge in [-0.25, -0.2) is 0 Å². The number of hydrogen-bond acceptors (Lipinski definition) is 4. The van der Waals surface area contributed by atoms with Crippen LogP contribution in [0.5, 0.6) is 11.5 Å². The number of amides is 2. The zero-order valence-electron chi connectivity index (χ0n) is 15.8. The van der Waals surface area contributed by atoms with Gasteiger partial charge in [-0.3, -0.25) is 9.59 Å². The lowest BCUT2D eigenvalue weighted by molar-refractivity contribution is -0.130. The van der Waals surface area contributed by atoms with Crippen LogP contribution in [0.3, 0.4) is 0 Å². The summed E-state index contributed by atoms with van der Waals surface area (Å²) in [6.07, 6.45) is -0.246. The third kappa shape index (κ3) is 4.58. The van der Waals surface area contributed by atoms with Crippen molar-refractivity contribution in [3.8, 4) is 11.5 Å². The van der Waals surface area contributed by atoms with E-state index in [0.29, 0.717) is 30.2 Å². The Labute approximate surface area is 159 Å². The summed E-state index contributed by atoms with van der Waals surface area (Å²) in [6.45, 7) is 4.64. The number of hydrogen-bond donors (Lipinski definition) is 1. The van der Waals surface area contributed by atoms with Gasteiger partial charge in [-0.15, -0.1) is 0 Å². The van der Waals surface area contributed by atoms with Gasteiger partial charge >= 0.3 is 0 Å². The van der Waals surface area contributed by atoms with E-state index in [2.05, 4.69) is 5.32 Å². The average Bonchev–Trinajstić information content (AvgIpc) is 2.67. The Kier molecular flexibility index (Phi) is 5.64. The van der Waals surface area contributed by atoms with Crippen LogP contribution in [0.1, 0.15) is 21.5 Å². The number of ether oxygens (including phenoxy) is 2. The smallest absolute Gasteiger partial charge is 0.251 e. The van der Waals surface area contributed by atoms with E-state index < -0.39 is 0 Å². The Morgan fingerprint density at radius 3 is 2.59 bits per heavy atom. The van der Waals surface area contributed by atoms with E-state index in [1.54, 1.807) is 18.0 Å². The molecule has 3 rings (SSSR count). The van der Waals surface area contributed by atoms with Crippen molar-refractivity contribution in [3.05, 3.63) is 59.2 Å². The molecule has 0 aromatic heterocycles. The second-order valence-electron chi connectivity index (χ2n) is 6.75. The van der Waals surface area contributed by atoms with E-state index >= 15 is 0 Å². The third-order valence-electron chi connectivity index (χ3n) is 4.64. The summed E-state index contributed by atoms with van der Waals surface area (Å²) in [5.74, 6) is 0.946. The Morgan fingerprint density at radius 1 is 1.11 bits per heavy atom. The molecule has 0 spiro atoms. The van der Waals surface area contributed by atoms with Gasteiger partial charge in [-0.05, 0) is 49.2 Å². The number of carbonyl (C=O) groups excluding carboxylic acids is 2. The van der Waals surface area contributed by atoms with Gasteiger partial charge < -0.3 is 19.7 Å². The van der Waals surface area contributed by atoms with Crippen molar-refractivity contribution < 1.29 is 19.1 Å². The highest BCUT2D eigenvalue weighted by molar-refractivity contribution is 5.96. The summed E-state index contributed by atoms with van der Waals surface area (Å²) < 4.78 is 11.5. The SMILES string of the molecule is Cc1ccc(C(=O)NCC(=O)N(C)CC2COc3ccccc3O2)cc1C. The summed E-state index contributed by atoms with van der Waals surface area (Å²) in [5, 5.41) is 2.68. The Hall–Kier alpha value is -3.02. The molecule has 0 aliphatic carbocycles. The first kappa shape index (κ1) is 18.8. The molecule has 0 fully saturated rings. The molecule has 1 N–H and O–H groups in total. The van der Waals surface area contributed by atoms with Gasteiger partial charge in [0.05, 0.1) is 13.1 Å². The fourth-order valence-electron chi connectivity index (χ4n) is 2.84. The molecule has 1 atom stereocenters. The molecule has 0 bridgehead atoms. The van der Waals surface area contributed by atoms with Gasteiger partial charge in [0.15, 0.2) is 17.6 Å². The van der Waals surface area contributed by atoms with E-state index in [1.165, 1.54) is 0 Å². The van der Waals surface area contributed by atoms with Crippen LogP contribution in [0.2, 0.25) is 0 Å². The highest BCUT2D eigenvalue weighted by atomic mass is 16.6. The first-order chi connectivity index (χ1) is 12.9. The van der Waals surface area contributed by atoms with Crippen LogP contribution < -0.4 is 14.8 Å². The van der Waals surface area contributed by atoms with Crippen LogP contribution >= 0.6 is 0 Å². The van der Waals surface area contributed by atoms with Crippen LogP contribution in [-0.4, -0.2) is 49.6 Å². The number of fused-ring (bicyclic) bond motifs is 1. The molecule has 1 aliphatic rings. The molecule has 2 aromatic carbocycles. The fourth-order valence-corrected chi connectivity index (χ4v) is 2.84. The molecule has 6 nitrogen and oxygen atoms in total. The summed E-state index contributed by atoms with van der Waals surface area (Å²) in [6, 6.07) is 12.9. The first-order valence-corrected chi connectivity index (χ1v) is 8.92. The highest BCUT2D eigenvalue weighted by Gasteiger charge is 2.23. The van der Waals surface area contributed by atoms with Gasteiger partial charge in [0.1, 0.15) is 6.61 Å². The molecule has 2 amide bonds. The number of rotatable bonds is 5. The predicted octanol–water partition coefficient (Wildman–Crippen LogP) is 2.33. The minimum Gasteiger partial charge on any atom is -0.486 e. The van der Waals surface area contributed by atoms with Gasteiger partial charge in [-0.2, -0.15) is 0 Å². The van der Waals surface area contributed by atoms with Crippen molar-refractivity contribution in [2.24, 2.45) is 0 Å². The number of carbonyl (C=O) groups is 2. The van der Waals surface area contributed by atoms with Gasteiger partial charge in [0, 0.05) is 12.6 Å². The Morgan fingerprint density at radius 2 is 1.85 bits per heavy atom. The van der Waals surface area contributed by atoms with Crippen molar-refractivity contribution in [1.82, 2.24) is 10.2 Å². The molecule has 6 heteroatoms. The van der Waals surface area contributed by atoms with Gasteiger partial charge in [0.25, 0.3) is 5.91 Å². The van der Waals surface area contributed by atoms with Gasteiger partial charge in [0.2, 0.25) is 5.91 Å². The summed E-state index contributed by atoms with van der Waals surface area (Å²) in [5.41, 5.74) is 2.72. The lowest BCUT2D eigenvalue weighted by Gasteiger charge is -2.29. The normalized spacial score (nSPS) is 15.1. The maximum absolute atomic E-state index is 12.3. The number of nitrogens with zero attached hydrogens (tertiary/aromatic N) is 1. The summed E-state index contributed by atoms with van der Waals surface area (Å²) >= 11 is 0. The molecule has 2 aromatic rings. The van der Waals surface area contributed by atoms with Crippen molar-refractivity contribution >= 4 is 11.8 Å². The quantitative estimate of drug-likeness (QED) is 0.880. The van der Waals surface area contributed by atoms with E-state index in [0.717, 1.165) is 11.1 Å². The number of aryl methyl sites for hydroxylation is 2. The monoisotopic (exact) mass is 368 g/mol. The lowest BCUT2D eigenvalue weighted by atomic mass is 10.1. The minimum absolute atomic E-state index is 0.0631. The van der Waals surface area contributed by atoms with Crippen LogP contribution in [0.4, 0.5) is 0 Å². The maximum atomic E-state index is 12.3. The molecular weight excluding hydrogens is 344 g/mol. The molecule has 1 heterocycles. The molecule has 142 valence electrons. The van der Waals surface area contributed by atoms with Crippen molar-refractivity contribution in [2.75, 3.05) is 26.7 Å². The van der Waals surface area contributed by atoms with Crippen molar-refractivity contribution in [3.63, 3.8) is 0 Å². The number of benzene rings is 2. The Balaban J connectivity index is 1.49. The molecular formula is C21H24N2O4. The first-order valence-electron chi connectivity index (χ1n) is 8.92. The predicted molar refractivity (Wildman–Crippen MR) is 102 cm³/mol. The second-order valence-corrected chi connectivity index (χ2v) is 6.75. The van der Waals surface area contributed by atoms with Crippen LogP contribution in [0.25, 0.3) is 0 Å². The third-order valence-corrected chi connectivity index (χ3v) is 4.64. The molecule has 1 aliphatic heterocycles. The standard InChI is InChI=1S/C21H24N2O4/c1-14-8-9-16(10-15(14)2)21(25)22-11-20(24)23(3)12-17-13-26-18-6-4-5-7-19(18)27-17/h4-10,17H,11-13H2,1-3H3,(H,22,25). The summed E-state index contributed by atoms with van der Waals surface area (Å²) in [4.78, 5) is 26.1. The fraction of sp³-hybridized carbons (Fsp3) is 0.333. The summed E-state index contributed by atoms with van der Waals surface area (Å²) in [7, 11) is 1.69. The minimum atomic E-state index is -0.258. The van der Waals surface area contributed by atoms with Crippen LogP contribution in [0.15, 0.2) is 42.5 Å². The number of likely N-dealkylation sites (N-methyl/N-ethyl adjacent to an activating group) is 1. The second kappa shape index (κ2) is 8.12. The van der Waals surface area contributed by atoms with Crippen molar-refractivity contribution in [2.45, 2.75) is 20.0 Å². The molecule has 27 heavy (non-hydrogen) atoms. The zero-order valence-corrected chi connectivity index (χ0v) is 15.8. The maximum Gasteiger partial charge on any atom is 0.251 e. The van der Waals surface area contributed by atoms with Crippen LogP contribution in [0, 0.1) is 13.8 Å². The average molecular weight is 368 g/mol. The molecule has 0 saturated heterocycles. The van der Waals surface area contributed by atoms with E-state index in [-0.39, 0.29) is 24.5 Å². The van der Waals surface area contributed by atoms with E-state index in [9.17, 15) is 9.59 Å². The van der Waals surface area contributed by atoms with E-state index in [4.69, 9.17) is 9.47 Å². The van der Waals surface area contributed by atoms with Crippen LogP contribution in [-0.2, 0) is 4.79 Å². The lowest BCUT2D eigenvalue weighted by Crippen LogP contribution is -2.45. The Bertz CT molecular complexity index is 850. The number of para-hydroxylation sites is 2. The molecule has 0 radical (unpaired) electrons. The number of nitrogens with one attached hydrogen (secondary N) is 1.